The van der Waals surface area contributed by atoms with Gasteiger partial charge < -0.3 is 4.57 Å². The van der Waals surface area contributed by atoms with Crippen LogP contribution in [0.5, 0.6) is 0 Å². The summed E-state index contributed by atoms with van der Waals surface area (Å²) in [5.74, 6) is 0.649. The highest BCUT2D eigenvalue weighted by atomic mass is 35.5. The first-order valence-corrected chi connectivity index (χ1v) is 7.38. The fourth-order valence-corrected chi connectivity index (χ4v) is 3.75. The van der Waals surface area contributed by atoms with E-state index in [0.717, 1.165) is 11.3 Å². The molecule has 0 aromatic carbocycles. The second-order valence-corrected chi connectivity index (χ2v) is 7.05. The highest BCUT2D eigenvalue weighted by Crippen LogP contribution is 2.25. The molecule has 0 amide bonds. The third-order valence-electron chi connectivity index (χ3n) is 2.15. The standard InChI is InChI=1S/C9H10ClN3O2S2/c1-13-5-4-11-8(13)6-12-17(14,15)9-3-2-7(10)16-9/h2-5,12H,6H2,1H3. The Hall–Kier alpha value is -0.890. The van der Waals surface area contributed by atoms with Gasteiger partial charge in [0.1, 0.15) is 10.0 Å². The molecule has 0 saturated carbocycles. The Bertz CT molecular complexity index is 618. The molecular weight excluding hydrogens is 282 g/mol. The first-order chi connectivity index (χ1) is 7.99. The van der Waals surface area contributed by atoms with E-state index in [4.69, 9.17) is 11.6 Å². The molecule has 2 heterocycles. The zero-order valence-corrected chi connectivity index (χ0v) is 11.3. The molecule has 5 nitrogen and oxygen atoms in total. The first kappa shape index (κ1) is 12.6. The monoisotopic (exact) mass is 291 g/mol. The van der Waals surface area contributed by atoms with Crippen LogP contribution in [-0.2, 0) is 23.6 Å². The minimum absolute atomic E-state index is 0.154. The number of sulfonamides is 1. The van der Waals surface area contributed by atoms with Gasteiger partial charge in [0, 0.05) is 19.4 Å². The van der Waals surface area contributed by atoms with Crippen molar-refractivity contribution in [3.8, 4) is 0 Å². The van der Waals surface area contributed by atoms with Crippen LogP contribution in [0.15, 0.2) is 28.7 Å². The second-order valence-electron chi connectivity index (χ2n) is 3.34. The van der Waals surface area contributed by atoms with E-state index in [1.54, 1.807) is 30.1 Å². The normalized spacial score (nSPS) is 11.9. The fraction of sp³-hybridized carbons (Fsp3) is 0.222. The van der Waals surface area contributed by atoms with Gasteiger partial charge in [-0.1, -0.05) is 11.6 Å². The summed E-state index contributed by atoms with van der Waals surface area (Å²) in [6.07, 6.45) is 3.37. The van der Waals surface area contributed by atoms with Crippen molar-refractivity contribution in [2.45, 2.75) is 10.8 Å². The van der Waals surface area contributed by atoms with E-state index >= 15 is 0 Å². The predicted molar refractivity (Wildman–Crippen MR) is 66.6 cm³/mol. The van der Waals surface area contributed by atoms with Gasteiger partial charge in [-0.05, 0) is 12.1 Å². The molecule has 0 atom stereocenters. The average Bonchev–Trinajstić information content (AvgIpc) is 2.85. The van der Waals surface area contributed by atoms with Crippen LogP contribution in [0.1, 0.15) is 5.82 Å². The van der Waals surface area contributed by atoms with Crippen molar-refractivity contribution in [1.82, 2.24) is 14.3 Å². The van der Waals surface area contributed by atoms with E-state index in [1.807, 2.05) is 0 Å². The van der Waals surface area contributed by atoms with Crippen molar-refractivity contribution in [1.29, 1.82) is 0 Å². The Morgan fingerprint density at radius 3 is 2.82 bits per heavy atom. The van der Waals surface area contributed by atoms with E-state index < -0.39 is 10.0 Å². The van der Waals surface area contributed by atoms with Gasteiger partial charge in [0.25, 0.3) is 10.0 Å². The molecule has 0 aliphatic carbocycles. The number of hydrogen-bond acceptors (Lipinski definition) is 4. The summed E-state index contributed by atoms with van der Waals surface area (Å²) in [7, 11) is -1.70. The maximum atomic E-state index is 11.9. The van der Waals surface area contributed by atoms with E-state index in [2.05, 4.69) is 9.71 Å². The van der Waals surface area contributed by atoms with Crippen LogP contribution in [0.4, 0.5) is 0 Å². The predicted octanol–water partition coefficient (Wildman–Crippen LogP) is 1.61. The van der Waals surface area contributed by atoms with Crippen molar-refractivity contribution in [2.24, 2.45) is 7.05 Å². The second kappa shape index (κ2) is 4.77. The number of imidazole rings is 1. The van der Waals surface area contributed by atoms with Gasteiger partial charge in [0.15, 0.2) is 0 Å². The van der Waals surface area contributed by atoms with Gasteiger partial charge in [-0.25, -0.2) is 18.1 Å². The number of aromatic nitrogens is 2. The summed E-state index contributed by atoms with van der Waals surface area (Å²) < 4.78 is 28.6. The third kappa shape index (κ3) is 2.86. The molecule has 0 fully saturated rings. The molecule has 2 rings (SSSR count). The molecule has 17 heavy (non-hydrogen) atoms. The van der Waals surface area contributed by atoms with Crippen molar-refractivity contribution in [3.05, 3.63) is 34.7 Å². The summed E-state index contributed by atoms with van der Waals surface area (Å²) in [4.78, 5) is 4.03. The summed E-state index contributed by atoms with van der Waals surface area (Å²) in [5.41, 5.74) is 0. The van der Waals surface area contributed by atoms with Gasteiger partial charge in [-0.3, -0.25) is 0 Å². The summed E-state index contributed by atoms with van der Waals surface area (Å²) in [6, 6.07) is 3.04. The lowest BCUT2D eigenvalue weighted by atomic mass is 10.6. The minimum Gasteiger partial charge on any atom is -0.337 e. The number of hydrogen-bond donors (Lipinski definition) is 1. The molecule has 1 N–H and O–H groups in total. The Balaban J connectivity index is 2.11. The highest BCUT2D eigenvalue weighted by molar-refractivity contribution is 7.91. The molecule has 2 aromatic heterocycles. The third-order valence-corrected chi connectivity index (χ3v) is 5.28. The molecular formula is C9H10ClN3O2S2. The van der Waals surface area contributed by atoms with Crippen molar-refractivity contribution in [3.63, 3.8) is 0 Å². The Morgan fingerprint density at radius 1 is 1.53 bits per heavy atom. The smallest absolute Gasteiger partial charge is 0.250 e. The van der Waals surface area contributed by atoms with Gasteiger partial charge in [-0.15, -0.1) is 11.3 Å². The molecule has 0 aliphatic heterocycles. The van der Waals surface area contributed by atoms with E-state index in [0.29, 0.717) is 10.2 Å². The SMILES string of the molecule is Cn1ccnc1CNS(=O)(=O)c1ccc(Cl)s1. The van der Waals surface area contributed by atoms with E-state index in [-0.39, 0.29) is 10.8 Å². The molecule has 92 valence electrons. The fourth-order valence-electron chi connectivity index (χ4n) is 1.24. The van der Waals surface area contributed by atoms with Crippen LogP contribution in [0.2, 0.25) is 4.34 Å². The quantitative estimate of drug-likeness (QED) is 0.931. The zero-order valence-electron chi connectivity index (χ0n) is 8.92. The molecule has 8 heteroatoms. The lowest BCUT2D eigenvalue weighted by Gasteiger charge is -2.04. The summed E-state index contributed by atoms with van der Waals surface area (Å²) >= 11 is 6.73. The van der Waals surface area contributed by atoms with E-state index in [9.17, 15) is 8.42 Å². The summed E-state index contributed by atoms with van der Waals surface area (Å²) in [6.45, 7) is 0.154. The van der Waals surface area contributed by atoms with Gasteiger partial charge in [0.05, 0.1) is 10.9 Å². The number of rotatable bonds is 4. The van der Waals surface area contributed by atoms with Crippen LogP contribution in [0.3, 0.4) is 0 Å². The number of halogens is 1. The molecule has 0 radical (unpaired) electrons. The van der Waals surface area contributed by atoms with Gasteiger partial charge in [0.2, 0.25) is 0 Å². The number of nitrogens with zero attached hydrogens (tertiary/aromatic N) is 2. The summed E-state index contributed by atoms with van der Waals surface area (Å²) in [5, 5.41) is 0. The molecule has 0 spiro atoms. The number of aryl methyl sites for hydroxylation is 1. The minimum atomic E-state index is -3.50. The Morgan fingerprint density at radius 2 is 2.29 bits per heavy atom. The van der Waals surface area contributed by atoms with Crippen LogP contribution in [0.25, 0.3) is 0 Å². The number of thiophene rings is 1. The molecule has 2 aromatic rings. The van der Waals surface area contributed by atoms with Crippen molar-refractivity contribution >= 4 is 33.0 Å². The molecule has 0 unspecified atom stereocenters. The zero-order chi connectivity index (χ0) is 12.5. The molecule has 0 aliphatic rings. The van der Waals surface area contributed by atoms with Crippen LogP contribution in [0, 0.1) is 0 Å². The van der Waals surface area contributed by atoms with E-state index in [1.165, 1.54) is 6.07 Å². The Kier molecular flexibility index (Phi) is 3.53. The maximum Gasteiger partial charge on any atom is 0.250 e. The molecule has 0 bridgehead atoms. The largest absolute Gasteiger partial charge is 0.337 e. The topological polar surface area (TPSA) is 64.0 Å². The van der Waals surface area contributed by atoms with Crippen molar-refractivity contribution < 1.29 is 8.42 Å². The van der Waals surface area contributed by atoms with Crippen LogP contribution in [-0.4, -0.2) is 18.0 Å². The average molecular weight is 292 g/mol. The Labute approximate surface area is 108 Å². The first-order valence-electron chi connectivity index (χ1n) is 4.70. The number of nitrogens with one attached hydrogen (secondary N) is 1. The lowest BCUT2D eigenvalue weighted by Crippen LogP contribution is -2.23. The van der Waals surface area contributed by atoms with Crippen LogP contribution < -0.4 is 4.72 Å². The lowest BCUT2D eigenvalue weighted by molar-refractivity contribution is 0.579. The van der Waals surface area contributed by atoms with Gasteiger partial charge in [-0.2, -0.15) is 0 Å². The van der Waals surface area contributed by atoms with Crippen molar-refractivity contribution in [2.75, 3.05) is 0 Å². The van der Waals surface area contributed by atoms with Crippen LogP contribution >= 0.6 is 22.9 Å². The highest BCUT2D eigenvalue weighted by Gasteiger charge is 2.16. The maximum absolute atomic E-state index is 11.9. The molecule has 0 saturated heterocycles. The van der Waals surface area contributed by atoms with Gasteiger partial charge >= 0.3 is 0 Å².